The van der Waals surface area contributed by atoms with Crippen molar-refractivity contribution in [3.63, 3.8) is 0 Å². The Kier molecular flexibility index (Phi) is 10.2. The fraction of sp³-hybridized carbons (Fsp3) is 0.697. The predicted octanol–water partition coefficient (Wildman–Crippen LogP) is 4.84. The lowest BCUT2D eigenvalue weighted by atomic mass is 9.44. The van der Waals surface area contributed by atoms with Gasteiger partial charge in [-0.2, -0.15) is 0 Å². The molecular formula is C33H45BrO8. The second-order valence-electron chi connectivity index (χ2n) is 13.2. The molecule has 0 amide bonds. The van der Waals surface area contributed by atoms with Crippen LogP contribution in [0.1, 0.15) is 95.3 Å². The van der Waals surface area contributed by atoms with Crippen LogP contribution >= 0.6 is 15.9 Å². The third kappa shape index (κ3) is 6.04. The summed E-state index contributed by atoms with van der Waals surface area (Å²) in [6.07, 6.45) is 5.81. The molecule has 0 radical (unpaired) electrons. The van der Waals surface area contributed by atoms with Crippen LogP contribution in [0.25, 0.3) is 0 Å². The first-order valence-electron chi connectivity index (χ1n) is 15.3. The van der Waals surface area contributed by atoms with E-state index < -0.39 is 23.4 Å². The number of ether oxygens (including phenoxy) is 1. The number of rotatable bonds is 7. The first kappa shape index (κ1) is 33.0. The minimum atomic E-state index is -1.58. The molecule has 0 heterocycles. The molecule has 9 heteroatoms. The zero-order valence-electron chi connectivity index (χ0n) is 24.9. The molecule has 3 N–H and O–H groups in total. The summed E-state index contributed by atoms with van der Waals surface area (Å²) in [7, 11) is 0. The van der Waals surface area contributed by atoms with Crippen molar-refractivity contribution in [2.45, 2.75) is 96.7 Å². The zero-order valence-corrected chi connectivity index (χ0v) is 26.5. The molecular weight excluding hydrogens is 604 g/mol. The molecule has 1 aromatic rings. The highest BCUT2D eigenvalue weighted by Crippen LogP contribution is 2.67. The molecule has 4 saturated carbocycles. The number of halogens is 1. The maximum Gasteiger partial charge on any atom is 0.306 e. The Balaban J connectivity index is 0.000000219. The number of hydrogen-bond donors (Lipinski definition) is 3. The van der Waals surface area contributed by atoms with Crippen molar-refractivity contribution in [2.75, 3.05) is 13.2 Å². The fourth-order valence-corrected chi connectivity index (χ4v) is 9.14. The normalized spacial score (nSPS) is 36.9. The van der Waals surface area contributed by atoms with Crippen LogP contribution in [-0.2, 0) is 19.1 Å². The summed E-state index contributed by atoms with van der Waals surface area (Å²) in [6, 6.07) is 7.07. The van der Waals surface area contributed by atoms with Crippen LogP contribution in [0.2, 0.25) is 0 Å². The quantitative estimate of drug-likeness (QED) is 0.282. The fourth-order valence-electron chi connectivity index (χ4n) is 8.87. The summed E-state index contributed by atoms with van der Waals surface area (Å²) in [6.45, 7) is 5.56. The van der Waals surface area contributed by atoms with Gasteiger partial charge in [0.1, 0.15) is 18.0 Å². The second-order valence-corrected chi connectivity index (χ2v) is 14.1. The van der Waals surface area contributed by atoms with Gasteiger partial charge in [-0.15, -0.1) is 0 Å². The Bertz CT molecular complexity index is 1180. The van der Waals surface area contributed by atoms with Gasteiger partial charge in [-0.25, -0.2) is 0 Å². The van der Waals surface area contributed by atoms with Gasteiger partial charge in [-0.05, 0) is 87.2 Å². The number of Topliss-reactive ketones (excluding diaryl/α,β-unsaturated/α-hetero) is 3. The number of esters is 1. The summed E-state index contributed by atoms with van der Waals surface area (Å²) in [5, 5.41) is 30.6. The highest BCUT2D eigenvalue weighted by molar-refractivity contribution is 9.10. The number of aliphatic hydroxyl groups excluding tert-OH is 2. The molecule has 42 heavy (non-hydrogen) atoms. The Morgan fingerprint density at radius 2 is 1.71 bits per heavy atom. The smallest absolute Gasteiger partial charge is 0.306 e. The Morgan fingerprint density at radius 3 is 2.36 bits per heavy atom. The highest BCUT2D eigenvalue weighted by Gasteiger charge is 2.68. The van der Waals surface area contributed by atoms with Crippen LogP contribution in [0.15, 0.2) is 28.7 Å². The van der Waals surface area contributed by atoms with Crippen LogP contribution in [0.3, 0.4) is 0 Å². The molecule has 0 saturated heterocycles. The van der Waals surface area contributed by atoms with Crippen LogP contribution in [0.4, 0.5) is 0 Å². The van der Waals surface area contributed by atoms with Crippen molar-refractivity contribution >= 4 is 39.2 Å². The van der Waals surface area contributed by atoms with E-state index >= 15 is 0 Å². The lowest BCUT2D eigenvalue weighted by Gasteiger charge is -2.60. The number of carbonyl (C=O) groups excluding carboxylic acids is 4. The molecule has 0 aromatic heterocycles. The van der Waals surface area contributed by atoms with E-state index in [9.17, 15) is 34.5 Å². The van der Waals surface area contributed by atoms with E-state index in [1.54, 1.807) is 31.2 Å². The highest BCUT2D eigenvalue weighted by atomic mass is 79.9. The van der Waals surface area contributed by atoms with E-state index in [-0.39, 0.29) is 66.1 Å². The number of aliphatic hydroxyl groups is 3. The van der Waals surface area contributed by atoms with Gasteiger partial charge in [0.25, 0.3) is 0 Å². The van der Waals surface area contributed by atoms with Crippen molar-refractivity contribution in [2.24, 2.45) is 34.5 Å². The van der Waals surface area contributed by atoms with Crippen LogP contribution < -0.4 is 0 Å². The van der Waals surface area contributed by atoms with Crippen molar-refractivity contribution in [3.05, 3.63) is 34.3 Å². The molecule has 1 aromatic carbocycles. The molecule has 8 atom stereocenters. The standard InChI is InChI=1S/C21H32O5.C12H13BrO3/c1-19-7-5-13(23)9-12(19)3-4-14-15-6-8-21(26,17(25)11-22)20(15,2)10-16(24)18(14)19;1-2-16-12(15)8-7-11(14)9-3-5-10(13)6-4-9/h12-15,18,22-23,26H,3-11H2,1-2H3;3-6H,2,7-8H2,1H3/t12-,13-,14+,15+,18-,19+,20+,21+;/m1./s1. The minimum Gasteiger partial charge on any atom is -0.466 e. The maximum absolute atomic E-state index is 13.4. The van der Waals surface area contributed by atoms with Crippen molar-refractivity contribution in [1.82, 2.24) is 0 Å². The Morgan fingerprint density at radius 1 is 1.02 bits per heavy atom. The van der Waals surface area contributed by atoms with Gasteiger partial charge in [-0.3, -0.25) is 19.2 Å². The van der Waals surface area contributed by atoms with Gasteiger partial charge < -0.3 is 20.1 Å². The topological polar surface area (TPSA) is 138 Å². The van der Waals surface area contributed by atoms with E-state index in [2.05, 4.69) is 22.9 Å². The average molecular weight is 650 g/mol. The number of carbonyl (C=O) groups is 4. The van der Waals surface area contributed by atoms with E-state index in [1.807, 2.05) is 6.92 Å². The van der Waals surface area contributed by atoms with Crippen LogP contribution in [0.5, 0.6) is 0 Å². The molecule has 0 bridgehead atoms. The van der Waals surface area contributed by atoms with Gasteiger partial charge in [-0.1, -0.05) is 41.9 Å². The predicted molar refractivity (Wildman–Crippen MR) is 160 cm³/mol. The summed E-state index contributed by atoms with van der Waals surface area (Å²) < 4.78 is 5.67. The van der Waals surface area contributed by atoms with Crippen molar-refractivity contribution in [1.29, 1.82) is 0 Å². The molecule has 0 spiro atoms. The zero-order chi connectivity index (χ0) is 30.9. The number of benzene rings is 1. The minimum absolute atomic E-state index is 0.0154. The van der Waals surface area contributed by atoms with Gasteiger partial charge >= 0.3 is 5.97 Å². The molecule has 0 unspecified atom stereocenters. The summed E-state index contributed by atoms with van der Waals surface area (Å²) in [4.78, 5) is 48.4. The molecule has 8 nitrogen and oxygen atoms in total. The van der Waals surface area contributed by atoms with Gasteiger partial charge in [0.15, 0.2) is 11.6 Å². The molecule has 232 valence electrons. The van der Waals surface area contributed by atoms with Crippen molar-refractivity contribution < 1.29 is 39.2 Å². The van der Waals surface area contributed by atoms with Gasteiger partial charge in [0, 0.05) is 34.2 Å². The second kappa shape index (κ2) is 13.0. The van der Waals surface area contributed by atoms with Gasteiger partial charge in [0.05, 0.1) is 19.1 Å². The molecule has 4 fully saturated rings. The first-order valence-corrected chi connectivity index (χ1v) is 16.1. The molecule has 0 aliphatic heterocycles. The SMILES string of the molecule is CCOC(=O)CCC(=O)c1ccc(Br)cc1.C[C@]12CC[C@@H](O)C[C@H]1CC[C@@H]1[C@@H]2C(=O)C[C@@]2(C)[C@H]1CC[C@]2(O)C(=O)CO. The number of hydrogen-bond acceptors (Lipinski definition) is 8. The van der Waals surface area contributed by atoms with Gasteiger partial charge in [0.2, 0.25) is 0 Å². The average Bonchev–Trinajstić information content (AvgIpc) is 3.23. The first-order chi connectivity index (χ1) is 19.8. The molecule has 4 aliphatic carbocycles. The number of fused-ring (bicyclic) bond motifs is 5. The lowest BCUT2D eigenvalue weighted by molar-refractivity contribution is -0.180. The monoisotopic (exact) mass is 648 g/mol. The summed E-state index contributed by atoms with van der Waals surface area (Å²) in [5.41, 5.74) is -1.79. The summed E-state index contributed by atoms with van der Waals surface area (Å²) in [5.74, 6) is 0.0125. The summed E-state index contributed by atoms with van der Waals surface area (Å²) >= 11 is 3.29. The third-order valence-electron chi connectivity index (χ3n) is 11.1. The van der Waals surface area contributed by atoms with E-state index in [1.165, 1.54) is 0 Å². The third-order valence-corrected chi connectivity index (χ3v) is 11.6. The molecule has 5 rings (SSSR count). The molecule has 4 aliphatic rings. The van der Waals surface area contributed by atoms with E-state index in [0.29, 0.717) is 24.5 Å². The van der Waals surface area contributed by atoms with E-state index in [4.69, 9.17) is 4.74 Å². The van der Waals surface area contributed by atoms with Crippen molar-refractivity contribution in [3.8, 4) is 0 Å². The maximum atomic E-state index is 13.4. The van der Waals surface area contributed by atoms with Crippen LogP contribution in [0, 0.1) is 34.5 Å². The lowest BCUT2D eigenvalue weighted by Crippen LogP contribution is -2.62. The number of ketones is 3. The van der Waals surface area contributed by atoms with Crippen LogP contribution in [-0.4, -0.2) is 63.6 Å². The largest absolute Gasteiger partial charge is 0.466 e. The Labute approximate surface area is 256 Å². The Hall–Kier alpha value is -1.94. The van der Waals surface area contributed by atoms with E-state index in [0.717, 1.165) is 43.0 Å².